The summed E-state index contributed by atoms with van der Waals surface area (Å²) in [7, 11) is 0. The van der Waals surface area contributed by atoms with E-state index in [-0.39, 0.29) is 17.7 Å². The lowest BCUT2D eigenvalue weighted by Gasteiger charge is -2.32. The first-order chi connectivity index (χ1) is 14.7. The van der Waals surface area contributed by atoms with Gasteiger partial charge in [0.1, 0.15) is 5.69 Å². The van der Waals surface area contributed by atoms with Crippen molar-refractivity contribution in [2.45, 2.75) is 64.3 Å². The van der Waals surface area contributed by atoms with Gasteiger partial charge in [-0.3, -0.25) is 19.4 Å². The molecule has 30 heavy (non-hydrogen) atoms. The van der Waals surface area contributed by atoms with Crippen LogP contribution in [-0.2, 0) is 6.54 Å². The molecule has 1 atom stereocenters. The van der Waals surface area contributed by atoms with Crippen molar-refractivity contribution in [2.24, 2.45) is 0 Å². The van der Waals surface area contributed by atoms with Gasteiger partial charge < -0.3 is 9.80 Å². The molecule has 2 saturated heterocycles. The zero-order chi connectivity index (χ0) is 20.9. The minimum atomic E-state index is -0.0329. The van der Waals surface area contributed by atoms with Gasteiger partial charge in [0.05, 0.1) is 17.5 Å². The predicted octanol–water partition coefficient (Wildman–Crippen LogP) is 3.05. The van der Waals surface area contributed by atoms with E-state index >= 15 is 0 Å². The van der Waals surface area contributed by atoms with E-state index in [1.54, 1.807) is 12.3 Å². The minimum absolute atomic E-state index is 0.0329. The lowest BCUT2D eigenvalue weighted by Crippen LogP contribution is -2.40. The van der Waals surface area contributed by atoms with Gasteiger partial charge in [0.25, 0.3) is 11.8 Å². The molecule has 0 unspecified atom stereocenters. The Balaban J connectivity index is 1.46. The van der Waals surface area contributed by atoms with E-state index in [4.69, 9.17) is 0 Å². The van der Waals surface area contributed by atoms with Crippen LogP contribution >= 0.6 is 0 Å². The second kappa shape index (κ2) is 9.45. The van der Waals surface area contributed by atoms with Gasteiger partial charge in [0.15, 0.2) is 0 Å². The van der Waals surface area contributed by atoms with Gasteiger partial charge in [-0.25, -0.2) is 0 Å². The molecule has 0 aromatic carbocycles. The maximum atomic E-state index is 13.2. The smallest absolute Gasteiger partial charge is 0.274 e. The van der Waals surface area contributed by atoms with Crippen molar-refractivity contribution in [3.05, 3.63) is 35.4 Å². The molecule has 4 rings (SSSR count). The van der Waals surface area contributed by atoms with E-state index in [0.29, 0.717) is 17.8 Å². The number of piperidine rings is 1. The quantitative estimate of drug-likeness (QED) is 0.818. The van der Waals surface area contributed by atoms with Gasteiger partial charge in [0.2, 0.25) is 0 Å². The molecule has 1 N–H and O–H groups in total. The van der Waals surface area contributed by atoms with Crippen molar-refractivity contribution < 1.29 is 9.59 Å². The molecule has 0 spiro atoms. The topological polar surface area (TPSA) is 87.1 Å². The lowest BCUT2D eigenvalue weighted by molar-refractivity contribution is 0.0698. The molecule has 8 nitrogen and oxygen atoms in total. The molecule has 0 bridgehead atoms. The fourth-order valence-electron chi connectivity index (χ4n) is 4.61. The number of hydrogen-bond acceptors (Lipinski definition) is 4. The summed E-state index contributed by atoms with van der Waals surface area (Å²) in [4.78, 5) is 30.0. The van der Waals surface area contributed by atoms with Crippen molar-refractivity contribution in [3.63, 3.8) is 0 Å². The molecule has 2 fully saturated rings. The standard InChI is InChI=1S/C22H32N6O2/c1-2-10-28-14-9-19(25-28)22(30)27-13-7-8-17(16-27)20-18(15-23-24-20)21(29)26-11-5-3-4-6-12-26/h9,14-15,17H,2-8,10-13,16H2,1H3,(H,23,24)/t17-/m1/s1. The Morgan fingerprint density at radius 1 is 1.07 bits per heavy atom. The fourth-order valence-corrected chi connectivity index (χ4v) is 4.61. The number of nitrogens with one attached hydrogen (secondary N) is 1. The van der Waals surface area contributed by atoms with E-state index in [9.17, 15) is 9.59 Å². The average Bonchev–Trinajstić information content (AvgIpc) is 3.36. The number of carbonyl (C=O) groups excluding carboxylic acids is 2. The number of carbonyl (C=O) groups is 2. The number of hydrogen-bond donors (Lipinski definition) is 1. The summed E-state index contributed by atoms with van der Waals surface area (Å²) in [5.41, 5.74) is 2.04. The van der Waals surface area contributed by atoms with Crippen LogP contribution in [0.5, 0.6) is 0 Å². The number of aromatic nitrogens is 4. The van der Waals surface area contributed by atoms with E-state index in [1.807, 2.05) is 20.7 Å². The molecule has 4 heterocycles. The highest BCUT2D eigenvalue weighted by molar-refractivity contribution is 5.95. The number of aryl methyl sites for hydroxylation is 1. The third-order valence-electron chi connectivity index (χ3n) is 6.22. The first kappa shape index (κ1) is 20.6. The molecule has 2 aliphatic rings. The first-order valence-electron chi connectivity index (χ1n) is 11.3. The Bertz CT molecular complexity index is 865. The highest BCUT2D eigenvalue weighted by Gasteiger charge is 2.31. The van der Waals surface area contributed by atoms with Gasteiger partial charge in [0, 0.05) is 44.8 Å². The van der Waals surface area contributed by atoms with Crippen LogP contribution in [0.4, 0.5) is 0 Å². The summed E-state index contributed by atoms with van der Waals surface area (Å²) in [6, 6.07) is 1.80. The summed E-state index contributed by atoms with van der Waals surface area (Å²) < 4.78 is 1.82. The summed E-state index contributed by atoms with van der Waals surface area (Å²) in [6.07, 6.45) is 10.9. The Morgan fingerprint density at radius 3 is 2.60 bits per heavy atom. The van der Waals surface area contributed by atoms with Crippen molar-refractivity contribution in [3.8, 4) is 0 Å². The number of H-pyrrole nitrogens is 1. The van der Waals surface area contributed by atoms with Gasteiger partial charge >= 0.3 is 0 Å². The van der Waals surface area contributed by atoms with Gasteiger partial charge in [-0.05, 0) is 38.2 Å². The molecule has 8 heteroatoms. The molecule has 0 saturated carbocycles. The highest BCUT2D eigenvalue weighted by atomic mass is 16.2. The molecular formula is C22H32N6O2. The summed E-state index contributed by atoms with van der Waals surface area (Å²) >= 11 is 0. The van der Waals surface area contributed by atoms with Crippen molar-refractivity contribution >= 4 is 11.8 Å². The molecule has 0 aliphatic carbocycles. The van der Waals surface area contributed by atoms with Crippen molar-refractivity contribution in [1.29, 1.82) is 0 Å². The zero-order valence-corrected chi connectivity index (χ0v) is 17.8. The van der Waals surface area contributed by atoms with Crippen LogP contribution in [-0.4, -0.2) is 67.8 Å². The van der Waals surface area contributed by atoms with Gasteiger partial charge in [-0.1, -0.05) is 19.8 Å². The fraction of sp³-hybridized carbons (Fsp3) is 0.636. The Hall–Kier alpha value is -2.64. The maximum Gasteiger partial charge on any atom is 0.274 e. The van der Waals surface area contributed by atoms with Crippen molar-refractivity contribution in [2.75, 3.05) is 26.2 Å². The number of amides is 2. The third kappa shape index (κ3) is 4.42. The van der Waals surface area contributed by atoms with E-state index in [1.165, 1.54) is 12.8 Å². The number of nitrogens with zero attached hydrogens (tertiary/aromatic N) is 5. The van der Waals surface area contributed by atoms with Crippen LogP contribution in [0.1, 0.15) is 84.3 Å². The molecule has 0 radical (unpaired) electrons. The Morgan fingerprint density at radius 2 is 1.83 bits per heavy atom. The largest absolute Gasteiger partial charge is 0.339 e. The van der Waals surface area contributed by atoms with Crippen molar-refractivity contribution in [1.82, 2.24) is 29.8 Å². The van der Waals surface area contributed by atoms with Gasteiger partial charge in [-0.15, -0.1) is 0 Å². The highest BCUT2D eigenvalue weighted by Crippen LogP contribution is 2.29. The zero-order valence-electron chi connectivity index (χ0n) is 17.8. The van der Waals surface area contributed by atoms with E-state index in [0.717, 1.165) is 64.0 Å². The second-order valence-corrected chi connectivity index (χ2v) is 8.46. The summed E-state index contributed by atoms with van der Waals surface area (Å²) in [6.45, 7) is 5.85. The summed E-state index contributed by atoms with van der Waals surface area (Å²) in [5.74, 6) is 0.130. The van der Waals surface area contributed by atoms with E-state index < -0.39 is 0 Å². The maximum absolute atomic E-state index is 13.2. The van der Waals surface area contributed by atoms with Crippen LogP contribution < -0.4 is 0 Å². The van der Waals surface area contributed by atoms with Crippen LogP contribution in [0.3, 0.4) is 0 Å². The number of aromatic amines is 1. The van der Waals surface area contributed by atoms with Crippen LogP contribution in [0.2, 0.25) is 0 Å². The number of rotatable bonds is 5. The minimum Gasteiger partial charge on any atom is -0.339 e. The van der Waals surface area contributed by atoms with Gasteiger partial charge in [-0.2, -0.15) is 10.2 Å². The molecule has 2 aromatic rings. The molecule has 2 aliphatic heterocycles. The molecule has 2 amide bonds. The average molecular weight is 413 g/mol. The van der Waals surface area contributed by atoms with Crippen LogP contribution in [0, 0.1) is 0 Å². The first-order valence-corrected chi connectivity index (χ1v) is 11.3. The monoisotopic (exact) mass is 412 g/mol. The molecule has 2 aromatic heterocycles. The van der Waals surface area contributed by atoms with E-state index in [2.05, 4.69) is 22.2 Å². The summed E-state index contributed by atoms with van der Waals surface area (Å²) in [5, 5.41) is 11.7. The molecular weight excluding hydrogens is 380 g/mol. The Kier molecular flexibility index (Phi) is 6.50. The number of likely N-dealkylation sites (tertiary alicyclic amines) is 2. The van der Waals surface area contributed by atoms with Crippen LogP contribution in [0.25, 0.3) is 0 Å². The second-order valence-electron chi connectivity index (χ2n) is 8.46. The predicted molar refractivity (Wildman–Crippen MR) is 113 cm³/mol. The molecule has 162 valence electrons. The third-order valence-corrected chi connectivity index (χ3v) is 6.22. The lowest BCUT2D eigenvalue weighted by atomic mass is 9.92. The SMILES string of the molecule is CCCn1ccc(C(=O)N2CCC[C@@H](c3[nH]ncc3C(=O)N3CCCCCC3)C2)n1. The normalized spacial score (nSPS) is 20.2. The van der Waals surface area contributed by atoms with Crippen LogP contribution in [0.15, 0.2) is 18.5 Å². The Labute approximate surface area is 177 Å².